The van der Waals surface area contributed by atoms with Gasteiger partial charge in [0.15, 0.2) is 5.78 Å². The van der Waals surface area contributed by atoms with Crippen molar-refractivity contribution in [3.63, 3.8) is 0 Å². The third-order valence-corrected chi connectivity index (χ3v) is 9.94. The summed E-state index contributed by atoms with van der Waals surface area (Å²) in [6.45, 7) is 4.47. The van der Waals surface area contributed by atoms with E-state index < -0.39 is 6.67 Å². The zero-order valence-corrected chi connectivity index (χ0v) is 17.1. The van der Waals surface area contributed by atoms with Gasteiger partial charge in [0.2, 0.25) is 0 Å². The van der Waals surface area contributed by atoms with Crippen molar-refractivity contribution in [3.8, 4) is 0 Å². The van der Waals surface area contributed by atoms with Crippen LogP contribution >= 0.6 is 0 Å². The summed E-state index contributed by atoms with van der Waals surface area (Å²) in [6, 6.07) is 0. The lowest BCUT2D eigenvalue weighted by atomic mass is 9.45. The summed E-state index contributed by atoms with van der Waals surface area (Å²) in [7, 11) is 0. The molecule has 0 spiro atoms. The third-order valence-electron chi connectivity index (χ3n) is 9.94. The Balaban J connectivity index is 1.45. The maximum absolute atomic E-state index is 12.4. The number of hydrogen-bond acceptors (Lipinski definition) is 1. The van der Waals surface area contributed by atoms with Crippen molar-refractivity contribution in [3.05, 3.63) is 0 Å². The highest BCUT2D eigenvalue weighted by Crippen LogP contribution is 2.67. The first-order valence-electron chi connectivity index (χ1n) is 11.6. The largest absolute Gasteiger partial charge is 0.297 e. The molecule has 4 unspecified atom stereocenters. The van der Waals surface area contributed by atoms with Crippen molar-refractivity contribution in [1.29, 1.82) is 0 Å². The zero-order valence-electron chi connectivity index (χ0n) is 17.1. The lowest BCUT2D eigenvalue weighted by molar-refractivity contribution is -0.120. The summed E-state index contributed by atoms with van der Waals surface area (Å²) in [5.41, 5.74) is 1.13. The van der Waals surface area contributed by atoms with Crippen LogP contribution in [0.15, 0.2) is 0 Å². The summed E-state index contributed by atoms with van der Waals surface area (Å²) in [6.07, 6.45) is 17.0. The van der Waals surface area contributed by atoms with Gasteiger partial charge < -0.3 is 0 Å². The summed E-state index contributed by atoms with van der Waals surface area (Å²) in [4.78, 5) is 11.3. The Morgan fingerprint density at radius 1 is 0.923 bits per heavy atom. The van der Waals surface area contributed by atoms with E-state index >= 15 is 0 Å². The van der Waals surface area contributed by atoms with Gasteiger partial charge in [-0.1, -0.05) is 26.7 Å². The minimum absolute atomic E-state index is 0.197. The molecule has 0 radical (unpaired) electrons. The molecular formula is C24H39FO. The molecule has 4 rings (SSSR count). The molecule has 0 aromatic carbocycles. The summed E-state index contributed by atoms with van der Waals surface area (Å²) in [5, 5.41) is 0. The van der Waals surface area contributed by atoms with E-state index in [1.165, 1.54) is 64.2 Å². The van der Waals surface area contributed by atoms with Gasteiger partial charge in [0.1, 0.15) is 6.67 Å². The van der Waals surface area contributed by atoms with Gasteiger partial charge in [-0.05, 0) is 105 Å². The highest BCUT2D eigenvalue weighted by atomic mass is 19.1. The van der Waals surface area contributed by atoms with Crippen LogP contribution in [-0.4, -0.2) is 12.5 Å². The number of ketones is 1. The van der Waals surface area contributed by atoms with Crippen LogP contribution in [0.4, 0.5) is 4.39 Å². The second-order valence-electron chi connectivity index (χ2n) is 10.8. The molecule has 0 amide bonds. The minimum Gasteiger partial charge on any atom is -0.297 e. The van der Waals surface area contributed by atoms with E-state index in [9.17, 15) is 9.18 Å². The van der Waals surface area contributed by atoms with Crippen molar-refractivity contribution >= 4 is 5.78 Å². The van der Waals surface area contributed by atoms with Gasteiger partial charge in [-0.25, -0.2) is 4.39 Å². The molecule has 26 heavy (non-hydrogen) atoms. The van der Waals surface area contributed by atoms with Gasteiger partial charge in [-0.3, -0.25) is 4.79 Å². The second-order valence-corrected chi connectivity index (χ2v) is 10.8. The molecule has 7 atom stereocenters. The Morgan fingerprint density at radius 2 is 1.73 bits per heavy atom. The fraction of sp³-hybridized carbons (Fsp3) is 0.958. The van der Waals surface area contributed by atoms with E-state index in [4.69, 9.17) is 0 Å². The van der Waals surface area contributed by atoms with Gasteiger partial charge in [0.05, 0.1) is 0 Å². The second kappa shape index (κ2) is 7.21. The predicted molar refractivity (Wildman–Crippen MR) is 105 cm³/mol. The third kappa shape index (κ3) is 2.98. The average molecular weight is 363 g/mol. The molecule has 4 aliphatic rings. The molecule has 0 bridgehead atoms. The monoisotopic (exact) mass is 362 g/mol. The zero-order chi connectivity index (χ0) is 18.4. The van der Waals surface area contributed by atoms with Gasteiger partial charge in [-0.2, -0.15) is 0 Å². The van der Waals surface area contributed by atoms with Gasteiger partial charge in [-0.15, -0.1) is 0 Å². The number of halogens is 1. The fourth-order valence-corrected chi connectivity index (χ4v) is 8.49. The normalized spacial score (nSPS) is 47.7. The van der Waals surface area contributed by atoms with Crippen LogP contribution in [0, 0.1) is 40.4 Å². The Labute approximate surface area is 159 Å². The number of alkyl halides is 1. The molecule has 0 aliphatic heterocycles. The van der Waals surface area contributed by atoms with E-state index in [0.717, 1.165) is 42.4 Å². The minimum atomic E-state index is -0.770. The maximum atomic E-state index is 12.4. The first-order valence-corrected chi connectivity index (χ1v) is 11.6. The van der Waals surface area contributed by atoms with E-state index in [1.54, 1.807) is 0 Å². The van der Waals surface area contributed by atoms with Crippen molar-refractivity contribution in [2.24, 2.45) is 40.4 Å². The Morgan fingerprint density at radius 3 is 2.54 bits per heavy atom. The first-order chi connectivity index (χ1) is 12.5. The van der Waals surface area contributed by atoms with Crippen LogP contribution < -0.4 is 0 Å². The maximum Gasteiger partial charge on any atom is 0.163 e. The molecule has 0 aromatic rings. The number of carbonyl (C=O) groups is 1. The highest BCUT2D eigenvalue weighted by molar-refractivity contribution is 5.79. The van der Waals surface area contributed by atoms with Crippen molar-refractivity contribution in [2.75, 3.05) is 6.67 Å². The topological polar surface area (TPSA) is 17.1 Å². The van der Waals surface area contributed by atoms with Crippen LogP contribution in [0.5, 0.6) is 0 Å². The van der Waals surface area contributed by atoms with Crippen LogP contribution in [-0.2, 0) is 4.79 Å². The van der Waals surface area contributed by atoms with Crippen LogP contribution in [0.1, 0.15) is 97.3 Å². The number of rotatable bonds is 5. The van der Waals surface area contributed by atoms with Gasteiger partial charge in [0.25, 0.3) is 0 Å². The Hall–Kier alpha value is -0.400. The lowest BCUT2D eigenvalue weighted by Crippen LogP contribution is -2.52. The Kier molecular flexibility index (Phi) is 5.25. The lowest BCUT2D eigenvalue weighted by Gasteiger charge is -2.60. The standard InChI is InChI=1S/C24H39FO/c1-23-14-4-3-6-17(23)9-11-20-21-12-10-18(7-5-8-19(26)16-25)24(21,2)15-13-22(20)23/h17-18,20-22H,3-16H2,1-2H3/t17-,18?,20-,21?,22?,23-,24?/m0/s1. The molecule has 0 N–H and O–H groups in total. The van der Waals surface area contributed by atoms with Crippen LogP contribution in [0.25, 0.3) is 0 Å². The number of fused-ring (bicyclic) bond motifs is 5. The summed E-state index contributed by atoms with van der Waals surface area (Å²) >= 11 is 0. The number of Topliss-reactive ketones (excluding diaryl/α,β-unsaturated/α-hetero) is 1. The quantitative estimate of drug-likeness (QED) is 0.529. The van der Waals surface area contributed by atoms with Crippen molar-refractivity contribution in [1.82, 2.24) is 0 Å². The Bertz CT molecular complexity index is 530. The molecule has 0 saturated heterocycles. The average Bonchev–Trinajstić information content (AvgIpc) is 2.97. The van der Waals surface area contributed by atoms with Crippen LogP contribution in [0.2, 0.25) is 0 Å². The fourth-order valence-electron chi connectivity index (χ4n) is 8.49. The van der Waals surface area contributed by atoms with Crippen molar-refractivity contribution < 1.29 is 9.18 Å². The SMILES string of the molecule is CC12CCC3[C@@H](CC[C@@H]4CCCC[C@]34C)C1CCC2CCCC(=O)CF. The van der Waals surface area contributed by atoms with E-state index in [0.29, 0.717) is 17.3 Å². The number of hydrogen-bond donors (Lipinski definition) is 0. The number of carbonyl (C=O) groups excluding carboxylic acids is 1. The first kappa shape index (κ1) is 18.9. The van der Waals surface area contributed by atoms with Gasteiger partial charge in [0, 0.05) is 6.42 Å². The molecule has 2 heteroatoms. The molecule has 4 saturated carbocycles. The predicted octanol–water partition coefficient (Wildman–Crippen LogP) is 6.74. The molecule has 1 nitrogen and oxygen atoms in total. The molecule has 0 heterocycles. The molecular weight excluding hydrogens is 323 g/mol. The van der Waals surface area contributed by atoms with E-state index in [-0.39, 0.29) is 5.78 Å². The van der Waals surface area contributed by atoms with Crippen molar-refractivity contribution in [2.45, 2.75) is 97.3 Å². The van der Waals surface area contributed by atoms with Gasteiger partial charge >= 0.3 is 0 Å². The van der Waals surface area contributed by atoms with E-state index in [1.807, 2.05) is 0 Å². The van der Waals surface area contributed by atoms with E-state index in [2.05, 4.69) is 13.8 Å². The molecule has 148 valence electrons. The summed E-state index contributed by atoms with van der Waals surface area (Å²) in [5.74, 6) is 4.44. The highest BCUT2D eigenvalue weighted by Gasteiger charge is 2.59. The molecule has 0 aromatic heterocycles. The summed E-state index contributed by atoms with van der Waals surface area (Å²) < 4.78 is 12.4. The smallest absolute Gasteiger partial charge is 0.163 e. The molecule has 4 fully saturated rings. The van der Waals surface area contributed by atoms with Crippen LogP contribution in [0.3, 0.4) is 0 Å². The molecule has 4 aliphatic carbocycles.